The standard InChI is InChI=1S/C48H82O4/c1-3-5-7-9-11-13-15-17-19-21-22-23-24-25-26-27-29-31-33-35-37-39-41-43-48(50)52-47(45-49)46-51-44-42-40-38-36-34-32-30-28-20-18-16-14-12-10-8-6-4-2/h5,7,11,13,17,19-20,22-23,25-26,28-29,31,47,49H,3-4,6,8-10,12,14-16,18,21,24,27,30,32-46H2,1-2H3/b7-5-,13-11-,19-17-,23-22-,26-25-,28-20-,31-29-. The van der Waals surface area contributed by atoms with Crippen LogP contribution in [0.15, 0.2) is 85.1 Å². The van der Waals surface area contributed by atoms with Crippen molar-refractivity contribution in [1.29, 1.82) is 0 Å². The lowest BCUT2D eigenvalue weighted by Crippen LogP contribution is -2.27. The zero-order chi connectivity index (χ0) is 37.7. The molecule has 0 fully saturated rings. The first-order valence-electron chi connectivity index (χ1n) is 21.7. The van der Waals surface area contributed by atoms with E-state index in [1.54, 1.807) is 0 Å². The first-order valence-corrected chi connectivity index (χ1v) is 21.7. The first kappa shape index (κ1) is 49.6. The molecule has 1 unspecified atom stereocenters. The molecule has 0 spiro atoms. The summed E-state index contributed by atoms with van der Waals surface area (Å²) in [6.07, 6.45) is 62.1. The number of rotatable bonds is 39. The normalized spacial score (nSPS) is 13.2. The highest BCUT2D eigenvalue weighted by Crippen LogP contribution is 2.12. The number of esters is 1. The third-order valence-electron chi connectivity index (χ3n) is 8.95. The van der Waals surface area contributed by atoms with Gasteiger partial charge in [-0.1, -0.05) is 176 Å². The van der Waals surface area contributed by atoms with Crippen LogP contribution >= 0.6 is 0 Å². The van der Waals surface area contributed by atoms with E-state index < -0.39 is 6.10 Å². The fourth-order valence-electron chi connectivity index (χ4n) is 5.74. The Bertz CT molecular complexity index is 938. The van der Waals surface area contributed by atoms with Gasteiger partial charge >= 0.3 is 5.97 Å². The average Bonchev–Trinajstić information content (AvgIpc) is 3.15. The van der Waals surface area contributed by atoms with Crippen LogP contribution < -0.4 is 0 Å². The quantitative estimate of drug-likeness (QED) is 0.0390. The summed E-state index contributed by atoms with van der Waals surface area (Å²) in [6, 6.07) is 0. The molecule has 0 bridgehead atoms. The summed E-state index contributed by atoms with van der Waals surface area (Å²) >= 11 is 0. The summed E-state index contributed by atoms with van der Waals surface area (Å²) in [7, 11) is 0. The van der Waals surface area contributed by atoms with Gasteiger partial charge in [-0.05, 0) is 89.9 Å². The number of carbonyl (C=O) groups excluding carboxylic acids is 1. The van der Waals surface area contributed by atoms with Gasteiger partial charge in [0.15, 0.2) is 0 Å². The lowest BCUT2D eigenvalue weighted by Gasteiger charge is -2.15. The van der Waals surface area contributed by atoms with Crippen LogP contribution in [0, 0.1) is 0 Å². The number of unbranched alkanes of at least 4 members (excludes halogenated alkanes) is 17. The van der Waals surface area contributed by atoms with Crippen molar-refractivity contribution >= 4 is 5.97 Å². The zero-order valence-corrected chi connectivity index (χ0v) is 34.0. The van der Waals surface area contributed by atoms with Crippen molar-refractivity contribution in [2.24, 2.45) is 0 Å². The van der Waals surface area contributed by atoms with Crippen LogP contribution in [0.5, 0.6) is 0 Å². The second kappa shape index (κ2) is 44.7. The van der Waals surface area contributed by atoms with Crippen LogP contribution in [0.4, 0.5) is 0 Å². The second-order valence-corrected chi connectivity index (χ2v) is 14.0. The number of allylic oxidation sites excluding steroid dienone is 14. The van der Waals surface area contributed by atoms with E-state index in [0.717, 1.165) is 83.5 Å². The van der Waals surface area contributed by atoms with Gasteiger partial charge in [-0.2, -0.15) is 0 Å². The van der Waals surface area contributed by atoms with Crippen molar-refractivity contribution in [3.8, 4) is 0 Å². The first-order chi connectivity index (χ1) is 25.7. The van der Waals surface area contributed by atoms with Crippen molar-refractivity contribution in [2.45, 2.75) is 193 Å². The number of ether oxygens (including phenoxy) is 2. The summed E-state index contributed by atoms with van der Waals surface area (Å²) in [5.41, 5.74) is 0. The highest BCUT2D eigenvalue weighted by atomic mass is 16.6. The van der Waals surface area contributed by atoms with Crippen LogP contribution in [-0.2, 0) is 14.3 Å². The highest BCUT2D eigenvalue weighted by Gasteiger charge is 2.13. The molecule has 52 heavy (non-hydrogen) atoms. The van der Waals surface area contributed by atoms with Crippen molar-refractivity contribution in [3.63, 3.8) is 0 Å². The molecule has 4 nitrogen and oxygen atoms in total. The third kappa shape index (κ3) is 42.0. The maximum Gasteiger partial charge on any atom is 0.306 e. The third-order valence-corrected chi connectivity index (χ3v) is 8.95. The monoisotopic (exact) mass is 723 g/mol. The predicted octanol–water partition coefficient (Wildman–Crippen LogP) is 14.4. The summed E-state index contributed by atoms with van der Waals surface area (Å²) in [4.78, 5) is 12.2. The van der Waals surface area contributed by atoms with Gasteiger partial charge in [0.25, 0.3) is 0 Å². The summed E-state index contributed by atoms with van der Waals surface area (Å²) in [6.45, 7) is 5.18. The molecule has 0 aromatic heterocycles. The Morgan fingerprint density at radius 1 is 0.481 bits per heavy atom. The molecule has 4 heteroatoms. The van der Waals surface area contributed by atoms with E-state index in [2.05, 4.69) is 98.9 Å². The Labute approximate surface area is 322 Å². The number of carbonyl (C=O) groups is 1. The van der Waals surface area contributed by atoms with Crippen molar-refractivity contribution in [3.05, 3.63) is 85.1 Å². The lowest BCUT2D eigenvalue weighted by molar-refractivity contribution is -0.154. The van der Waals surface area contributed by atoms with Crippen LogP contribution in [0.2, 0.25) is 0 Å². The Balaban J connectivity index is 3.55. The van der Waals surface area contributed by atoms with Gasteiger partial charge in [-0.3, -0.25) is 4.79 Å². The minimum absolute atomic E-state index is 0.189. The topological polar surface area (TPSA) is 55.8 Å². The Morgan fingerprint density at radius 3 is 1.33 bits per heavy atom. The Kier molecular flexibility index (Phi) is 42.6. The van der Waals surface area contributed by atoms with Crippen LogP contribution in [0.3, 0.4) is 0 Å². The van der Waals surface area contributed by atoms with Crippen LogP contribution in [0.1, 0.15) is 187 Å². The highest BCUT2D eigenvalue weighted by molar-refractivity contribution is 5.69. The molecule has 0 aliphatic rings. The van der Waals surface area contributed by atoms with E-state index in [9.17, 15) is 9.90 Å². The zero-order valence-electron chi connectivity index (χ0n) is 34.0. The molecule has 1 atom stereocenters. The molecule has 0 saturated carbocycles. The molecule has 0 rings (SSSR count). The molecule has 298 valence electrons. The molecular weight excluding hydrogens is 641 g/mol. The fourth-order valence-corrected chi connectivity index (χ4v) is 5.74. The molecule has 0 aliphatic carbocycles. The molecule has 0 heterocycles. The minimum atomic E-state index is -0.556. The fraction of sp³-hybridized carbons (Fsp3) is 0.688. The van der Waals surface area contributed by atoms with Crippen LogP contribution in [0.25, 0.3) is 0 Å². The van der Waals surface area contributed by atoms with Gasteiger partial charge in [-0.15, -0.1) is 0 Å². The van der Waals surface area contributed by atoms with E-state index in [1.165, 1.54) is 83.5 Å². The van der Waals surface area contributed by atoms with Gasteiger partial charge in [0.2, 0.25) is 0 Å². The summed E-state index contributed by atoms with van der Waals surface area (Å²) in [5, 5.41) is 9.60. The Hall–Kier alpha value is -2.43. The summed E-state index contributed by atoms with van der Waals surface area (Å²) in [5.74, 6) is -0.229. The molecule has 0 radical (unpaired) electrons. The lowest BCUT2D eigenvalue weighted by atomic mass is 10.1. The molecule has 0 amide bonds. The predicted molar refractivity (Wildman–Crippen MR) is 228 cm³/mol. The molecule has 0 aromatic rings. The van der Waals surface area contributed by atoms with E-state index in [4.69, 9.17) is 9.47 Å². The SMILES string of the molecule is CC/C=C\C/C=C\C/C=C\C/C=C\C/C=C\C/C=C\CCCCCCC(=O)OC(CO)COCCCCCCCC/C=C\CCCCCCCCC. The molecule has 1 N–H and O–H groups in total. The summed E-state index contributed by atoms with van der Waals surface area (Å²) < 4.78 is 11.1. The van der Waals surface area contributed by atoms with E-state index >= 15 is 0 Å². The van der Waals surface area contributed by atoms with Crippen LogP contribution in [-0.4, -0.2) is 37.0 Å². The molecule has 0 aromatic carbocycles. The number of aliphatic hydroxyl groups excluding tert-OH is 1. The maximum atomic E-state index is 12.2. The minimum Gasteiger partial charge on any atom is -0.457 e. The average molecular weight is 723 g/mol. The largest absolute Gasteiger partial charge is 0.457 e. The maximum absolute atomic E-state index is 12.2. The van der Waals surface area contributed by atoms with Gasteiger partial charge in [0, 0.05) is 13.0 Å². The molecular formula is C48H82O4. The van der Waals surface area contributed by atoms with Crippen molar-refractivity contribution < 1.29 is 19.4 Å². The van der Waals surface area contributed by atoms with Gasteiger partial charge in [0.1, 0.15) is 6.10 Å². The number of hydrogen-bond acceptors (Lipinski definition) is 4. The van der Waals surface area contributed by atoms with Gasteiger partial charge in [-0.25, -0.2) is 0 Å². The van der Waals surface area contributed by atoms with E-state index in [0.29, 0.717) is 13.0 Å². The van der Waals surface area contributed by atoms with E-state index in [1.807, 2.05) is 0 Å². The second-order valence-electron chi connectivity index (χ2n) is 14.0. The number of aliphatic hydroxyl groups is 1. The molecule has 0 saturated heterocycles. The van der Waals surface area contributed by atoms with Crippen molar-refractivity contribution in [2.75, 3.05) is 19.8 Å². The van der Waals surface area contributed by atoms with Gasteiger partial charge < -0.3 is 14.6 Å². The number of hydrogen-bond donors (Lipinski definition) is 1. The van der Waals surface area contributed by atoms with Crippen molar-refractivity contribution in [1.82, 2.24) is 0 Å². The van der Waals surface area contributed by atoms with Gasteiger partial charge in [0.05, 0.1) is 13.2 Å². The molecule has 0 aliphatic heterocycles. The smallest absolute Gasteiger partial charge is 0.306 e. The Morgan fingerprint density at radius 2 is 0.865 bits per heavy atom. The van der Waals surface area contributed by atoms with E-state index in [-0.39, 0.29) is 19.2 Å².